The van der Waals surface area contributed by atoms with Gasteiger partial charge in [-0.2, -0.15) is 0 Å². The third-order valence-corrected chi connectivity index (χ3v) is 5.62. The number of carbonyl (C=O) groups excluding carboxylic acids is 2. The minimum absolute atomic E-state index is 0.0562. The first-order valence-corrected chi connectivity index (χ1v) is 11.0. The molecule has 0 radical (unpaired) electrons. The molecule has 0 bridgehead atoms. The first kappa shape index (κ1) is 23.0. The van der Waals surface area contributed by atoms with Gasteiger partial charge in [0.2, 0.25) is 5.90 Å². The molecule has 0 fully saturated rings. The predicted octanol–water partition coefficient (Wildman–Crippen LogP) is 6.33. The molecule has 3 aromatic carbocycles. The molecule has 0 aromatic heterocycles. The molecule has 3 aromatic rings. The fourth-order valence-electron chi connectivity index (χ4n) is 2.95. The van der Waals surface area contributed by atoms with Gasteiger partial charge in [-0.25, -0.2) is 14.6 Å². The van der Waals surface area contributed by atoms with E-state index in [1.165, 1.54) is 18.2 Å². The first-order valence-electron chi connectivity index (χ1n) is 9.48. The maximum Gasteiger partial charge on any atom is 0.363 e. The average molecular weight is 547 g/mol. The van der Waals surface area contributed by atoms with Crippen molar-refractivity contribution < 1.29 is 23.8 Å². The number of methoxy groups -OCH3 is 1. The molecule has 1 aliphatic rings. The van der Waals surface area contributed by atoms with E-state index in [0.717, 1.165) is 0 Å². The SMILES string of the molecule is COc1ccc(C2=N/C(=C/c3cc(Br)ccc3OC(=O)c3ccc(Cl)cc3Cl)C(=O)O2)cc1. The molecule has 0 spiro atoms. The Bertz CT molecular complexity index is 1320. The molecule has 1 aliphatic heterocycles. The minimum Gasteiger partial charge on any atom is -0.497 e. The van der Waals surface area contributed by atoms with Crippen LogP contribution >= 0.6 is 39.1 Å². The van der Waals surface area contributed by atoms with E-state index in [0.29, 0.717) is 26.4 Å². The highest BCUT2D eigenvalue weighted by Crippen LogP contribution is 2.30. The topological polar surface area (TPSA) is 74.2 Å². The number of halogens is 3. The summed E-state index contributed by atoms with van der Waals surface area (Å²) in [5.41, 5.74) is 1.27. The van der Waals surface area contributed by atoms with Crippen LogP contribution in [0.3, 0.4) is 0 Å². The summed E-state index contributed by atoms with van der Waals surface area (Å²) in [6, 6.07) is 16.4. The fourth-order valence-corrected chi connectivity index (χ4v) is 3.81. The summed E-state index contributed by atoms with van der Waals surface area (Å²) < 4.78 is 16.7. The van der Waals surface area contributed by atoms with E-state index in [9.17, 15) is 9.59 Å². The average Bonchev–Trinajstić information content (AvgIpc) is 3.15. The first-order chi connectivity index (χ1) is 15.8. The summed E-state index contributed by atoms with van der Waals surface area (Å²) in [7, 11) is 1.56. The van der Waals surface area contributed by atoms with Crippen LogP contribution in [0, 0.1) is 0 Å². The van der Waals surface area contributed by atoms with Crippen LogP contribution in [0.1, 0.15) is 21.5 Å². The molecule has 1 heterocycles. The van der Waals surface area contributed by atoms with E-state index in [1.54, 1.807) is 55.6 Å². The molecule has 6 nitrogen and oxygen atoms in total. The second kappa shape index (κ2) is 9.79. The van der Waals surface area contributed by atoms with Gasteiger partial charge < -0.3 is 14.2 Å². The van der Waals surface area contributed by atoms with E-state index in [4.69, 9.17) is 37.4 Å². The molecule has 166 valence electrons. The van der Waals surface area contributed by atoms with Crippen LogP contribution in [-0.4, -0.2) is 24.9 Å². The van der Waals surface area contributed by atoms with Gasteiger partial charge >= 0.3 is 11.9 Å². The highest BCUT2D eigenvalue weighted by molar-refractivity contribution is 9.10. The molecule has 0 saturated carbocycles. The number of hydrogen-bond acceptors (Lipinski definition) is 6. The Labute approximate surface area is 207 Å². The van der Waals surface area contributed by atoms with E-state index in [1.807, 2.05) is 0 Å². The third-order valence-electron chi connectivity index (χ3n) is 4.58. The molecule has 0 saturated heterocycles. The van der Waals surface area contributed by atoms with Crippen molar-refractivity contribution in [1.29, 1.82) is 0 Å². The summed E-state index contributed by atoms with van der Waals surface area (Å²) in [6.07, 6.45) is 1.48. The molecule has 0 unspecified atom stereocenters. The van der Waals surface area contributed by atoms with Crippen LogP contribution in [0.25, 0.3) is 6.08 Å². The van der Waals surface area contributed by atoms with Crippen molar-refractivity contribution in [2.45, 2.75) is 0 Å². The Hall–Kier alpha value is -3.13. The Morgan fingerprint density at radius 1 is 1.06 bits per heavy atom. The zero-order valence-electron chi connectivity index (χ0n) is 17.0. The van der Waals surface area contributed by atoms with E-state index in [2.05, 4.69) is 20.9 Å². The number of carbonyl (C=O) groups is 2. The molecule has 9 heteroatoms. The normalized spacial score (nSPS) is 14.1. The summed E-state index contributed by atoms with van der Waals surface area (Å²) in [5.74, 6) is -0.257. The molecule has 0 aliphatic carbocycles. The van der Waals surface area contributed by atoms with E-state index < -0.39 is 11.9 Å². The standard InChI is InChI=1S/C24H14BrCl2NO5/c1-31-17-6-2-13(3-7-17)22-28-20(24(30)33-22)11-14-10-15(25)4-9-21(14)32-23(29)18-8-5-16(26)12-19(18)27/h2-12H,1H3/b20-11+. The van der Waals surface area contributed by atoms with Gasteiger partial charge in [0.25, 0.3) is 0 Å². The van der Waals surface area contributed by atoms with Gasteiger partial charge in [0.05, 0.1) is 17.7 Å². The Kier molecular flexibility index (Phi) is 6.83. The van der Waals surface area contributed by atoms with Gasteiger partial charge in [-0.1, -0.05) is 39.1 Å². The van der Waals surface area contributed by atoms with Gasteiger partial charge in [-0.05, 0) is 66.7 Å². The number of rotatable bonds is 5. The largest absolute Gasteiger partial charge is 0.497 e. The Balaban J connectivity index is 1.64. The highest BCUT2D eigenvalue weighted by atomic mass is 79.9. The zero-order chi connectivity index (χ0) is 23.5. The lowest BCUT2D eigenvalue weighted by atomic mass is 10.1. The molecule has 4 rings (SSSR count). The van der Waals surface area contributed by atoms with Crippen molar-refractivity contribution in [2.24, 2.45) is 4.99 Å². The Morgan fingerprint density at radius 2 is 1.82 bits per heavy atom. The summed E-state index contributed by atoms with van der Waals surface area (Å²) >= 11 is 15.4. The highest BCUT2D eigenvalue weighted by Gasteiger charge is 2.25. The van der Waals surface area contributed by atoms with Gasteiger partial charge in [0.1, 0.15) is 11.5 Å². The third kappa shape index (κ3) is 5.27. The van der Waals surface area contributed by atoms with Crippen molar-refractivity contribution in [2.75, 3.05) is 7.11 Å². The minimum atomic E-state index is -0.671. The maximum absolute atomic E-state index is 12.7. The molecule has 0 N–H and O–H groups in total. The fraction of sp³-hybridized carbons (Fsp3) is 0.0417. The number of aliphatic imine (C=N–C) groups is 1. The van der Waals surface area contributed by atoms with Gasteiger partial charge in [-0.3, -0.25) is 0 Å². The summed E-state index contributed by atoms with van der Waals surface area (Å²) in [5, 5.41) is 0.563. The van der Waals surface area contributed by atoms with Crippen molar-refractivity contribution in [1.82, 2.24) is 0 Å². The molecular formula is C24H14BrCl2NO5. The van der Waals surface area contributed by atoms with Crippen LogP contribution in [0.4, 0.5) is 0 Å². The molecule has 33 heavy (non-hydrogen) atoms. The lowest BCUT2D eigenvalue weighted by Gasteiger charge is -2.09. The maximum atomic E-state index is 12.7. The van der Waals surface area contributed by atoms with Crippen LogP contribution in [0.5, 0.6) is 11.5 Å². The lowest BCUT2D eigenvalue weighted by molar-refractivity contribution is -0.129. The number of hydrogen-bond donors (Lipinski definition) is 0. The Morgan fingerprint density at radius 3 is 2.52 bits per heavy atom. The van der Waals surface area contributed by atoms with Crippen molar-refractivity contribution >= 4 is 63.0 Å². The van der Waals surface area contributed by atoms with Crippen LogP contribution in [0.2, 0.25) is 10.0 Å². The number of nitrogens with zero attached hydrogens (tertiary/aromatic N) is 1. The molecule has 0 atom stereocenters. The lowest BCUT2D eigenvalue weighted by Crippen LogP contribution is -2.10. The number of benzene rings is 3. The smallest absolute Gasteiger partial charge is 0.363 e. The van der Waals surface area contributed by atoms with Crippen molar-refractivity contribution in [3.63, 3.8) is 0 Å². The van der Waals surface area contributed by atoms with Gasteiger partial charge in [0, 0.05) is 20.6 Å². The van der Waals surface area contributed by atoms with Crippen LogP contribution in [-0.2, 0) is 9.53 Å². The number of cyclic esters (lactones) is 1. The predicted molar refractivity (Wildman–Crippen MR) is 129 cm³/mol. The van der Waals surface area contributed by atoms with Crippen molar-refractivity contribution in [3.8, 4) is 11.5 Å². The summed E-state index contributed by atoms with van der Waals surface area (Å²) in [4.78, 5) is 29.4. The van der Waals surface area contributed by atoms with Crippen LogP contribution in [0.15, 0.2) is 75.8 Å². The van der Waals surface area contributed by atoms with Gasteiger partial charge in [0.15, 0.2) is 5.70 Å². The van der Waals surface area contributed by atoms with E-state index >= 15 is 0 Å². The summed E-state index contributed by atoms with van der Waals surface area (Å²) in [6.45, 7) is 0. The molecular weight excluding hydrogens is 533 g/mol. The monoisotopic (exact) mass is 545 g/mol. The van der Waals surface area contributed by atoms with Crippen LogP contribution < -0.4 is 9.47 Å². The second-order valence-electron chi connectivity index (χ2n) is 6.76. The van der Waals surface area contributed by atoms with Crippen molar-refractivity contribution in [3.05, 3.63) is 97.6 Å². The zero-order valence-corrected chi connectivity index (χ0v) is 20.1. The number of ether oxygens (including phenoxy) is 3. The van der Waals surface area contributed by atoms with E-state index in [-0.39, 0.29) is 27.9 Å². The van der Waals surface area contributed by atoms with Gasteiger partial charge in [-0.15, -0.1) is 0 Å². The molecule has 0 amide bonds. The number of esters is 2. The quantitative estimate of drug-likeness (QED) is 0.212. The second-order valence-corrected chi connectivity index (χ2v) is 8.52.